The molecule has 0 saturated heterocycles. The molecule has 2 aromatic carbocycles. The molecule has 0 aliphatic heterocycles. The maximum Gasteiger partial charge on any atom is 0.145 e. The average molecular weight is 344 g/mol. The standard InChI is InChI=1S/C16H16Cl2FNS/c1-20-13(9-11-3-2-4-15(18)16(11)19)10-21-14-7-5-12(17)6-8-14/h2-8,13,20H,9-10H2,1H3. The Balaban J connectivity index is 1.97. The molecule has 0 aromatic heterocycles. The van der Waals surface area contributed by atoms with Gasteiger partial charge in [0.05, 0.1) is 5.02 Å². The van der Waals surface area contributed by atoms with E-state index < -0.39 is 0 Å². The van der Waals surface area contributed by atoms with Crippen molar-refractivity contribution in [1.29, 1.82) is 0 Å². The Hall–Kier alpha value is -0.740. The lowest BCUT2D eigenvalue weighted by atomic mass is 10.1. The van der Waals surface area contributed by atoms with Crippen LogP contribution in [0, 0.1) is 5.82 Å². The summed E-state index contributed by atoms with van der Waals surface area (Å²) in [6.07, 6.45) is 0.601. The minimum Gasteiger partial charge on any atom is -0.316 e. The van der Waals surface area contributed by atoms with Crippen molar-refractivity contribution in [2.24, 2.45) is 0 Å². The molecule has 1 unspecified atom stereocenters. The predicted octanol–water partition coefficient (Wildman–Crippen LogP) is 5.06. The molecule has 0 saturated carbocycles. The van der Waals surface area contributed by atoms with Crippen LogP contribution in [0.15, 0.2) is 47.4 Å². The van der Waals surface area contributed by atoms with E-state index in [-0.39, 0.29) is 16.9 Å². The summed E-state index contributed by atoms with van der Waals surface area (Å²) in [6, 6.07) is 13.0. The third-order valence-electron chi connectivity index (χ3n) is 3.17. The lowest BCUT2D eigenvalue weighted by molar-refractivity contribution is 0.568. The van der Waals surface area contributed by atoms with Gasteiger partial charge in [0.1, 0.15) is 5.82 Å². The van der Waals surface area contributed by atoms with Gasteiger partial charge in [-0.3, -0.25) is 0 Å². The van der Waals surface area contributed by atoms with Gasteiger partial charge in [-0.1, -0.05) is 35.3 Å². The number of hydrogen-bond acceptors (Lipinski definition) is 2. The van der Waals surface area contributed by atoms with Gasteiger partial charge in [-0.2, -0.15) is 0 Å². The molecule has 1 atom stereocenters. The Labute approximate surface area is 138 Å². The molecule has 2 rings (SSSR count). The zero-order chi connectivity index (χ0) is 15.2. The van der Waals surface area contributed by atoms with Gasteiger partial charge in [0.2, 0.25) is 0 Å². The number of benzene rings is 2. The van der Waals surface area contributed by atoms with Crippen LogP contribution in [0.3, 0.4) is 0 Å². The number of likely N-dealkylation sites (N-methyl/N-ethyl adjacent to an activating group) is 1. The molecular weight excluding hydrogens is 328 g/mol. The fourth-order valence-electron chi connectivity index (χ4n) is 1.94. The van der Waals surface area contributed by atoms with Crippen molar-refractivity contribution in [3.63, 3.8) is 0 Å². The molecule has 112 valence electrons. The maximum atomic E-state index is 13.9. The van der Waals surface area contributed by atoms with Crippen LogP contribution >= 0.6 is 35.0 Å². The minimum absolute atomic E-state index is 0.165. The lowest BCUT2D eigenvalue weighted by Gasteiger charge is -2.16. The van der Waals surface area contributed by atoms with E-state index in [4.69, 9.17) is 23.2 Å². The summed E-state index contributed by atoms with van der Waals surface area (Å²) in [4.78, 5) is 1.14. The number of halogens is 3. The summed E-state index contributed by atoms with van der Waals surface area (Å²) < 4.78 is 13.9. The van der Waals surface area contributed by atoms with Crippen LogP contribution in [0.5, 0.6) is 0 Å². The first-order chi connectivity index (χ1) is 10.1. The van der Waals surface area contributed by atoms with Crippen LogP contribution in [-0.4, -0.2) is 18.8 Å². The zero-order valence-corrected chi connectivity index (χ0v) is 13.9. The topological polar surface area (TPSA) is 12.0 Å². The zero-order valence-electron chi connectivity index (χ0n) is 11.6. The highest BCUT2D eigenvalue weighted by Gasteiger charge is 2.13. The second-order valence-electron chi connectivity index (χ2n) is 4.67. The van der Waals surface area contributed by atoms with Crippen LogP contribution in [0.4, 0.5) is 4.39 Å². The fraction of sp³-hybridized carbons (Fsp3) is 0.250. The van der Waals surface area contributed by atoms with Crippen LogP contribution in [0.1, 0.15) is 5.56 Å². The van der Waals surface area contributed by atoms with Crippen molar-refractivity contribution in [2.75, 3.05) is 12.8 Å². The van der Waals surface area contributed by atoms with Gasteiger partial charge in [-0.25, -0.2) is 4.39 Å². The van der Waals surface area contributed by atoms with Gasteiger partial charge in [0.25, 0.3) is 0 Å². The molecule has 0 bridgehead atoms. The molecule has 0 aliphatic carbocycles. The van der Waals surface area contributed by atoms with Gasteiger partial charge < -0.3 is 5.32 Å². The van der Waals surface area contributed by atoms with E-state index in [1.54, 1.807) is 30.0 Å². The molecule has 0 aliphatic rings. The predicted molar refractivity (Wildman–Crippen MR) is 90.1 cm³/mol. The highest BCUT2D eigenvalue weighted by molar-refractivity contribution is 7.99. The van der Waals surface area contributed by atoms with E-state index in [2.05, 4.69) is 5.32 Å². The van der Waals surface area contributed by atoms with Crippen molar-refractivity contribution in [3.8, 4) is 0 Å². The molecule has 0 radical (unpaired) electrons. The highest BCUT2D eigenvalue weighted by atomic mass is 35.5. The molecule has 0 spiro atoms. The Kier molecular flexibility index (Phi) is 6.37. The van der Waals surface area contributed by atoms with E-state index >= 15 is 0 Å². The van der Waals surface area contributed by atoms with E-state index in [9.17, 15) is 4.39 Å². The Morgan fingerprint density at radius 2 is 1.86 bits per heavy atom. The molecule has 0 heterocycles. The average Bonchev–Trinajstić information content (AvgIpc) is 2.49. The van der Waals surface area contributed by atoms with Crippen molar-refractivity contribution in [1.82, 2.24) is 5.32 Å². The quantitative estimate of drug-likeness (QED) is 0.736. The fourth-order valence-corrected chi connectivity index (χ4v) is 3.27. The monoisotopic (exact) mass is 343 g/mol. The van der Waals surface area contributed by atoms with E-state index in [1.807, 2.05) is 31.3 Å². The molecule has 5 heteroatoms. The third kappa shape index (κ3) is 4.89. The molecule has 21 heavy (non-hydrogen) atoms. The number of hydrogen-bond donors (Lipinski definition) is 1. The summed E-state index contributed by atoms with van der Waals surface area (Å²) in [5.41, 5.74) is 0.638. The van der Waals surface area contributed by atoms with Crippen molar-refractivity contribution < 1.29 is 4.39 Å². The first-order valence-electron chi connectivity index (χ1n) is 6.58. The van der Waals surface area contributed by atoms with Crippen molar-refractivity contribution in [3.05, 3.63) is 63.9 Å². The first-order valence-corrected chi connectivity index (χ1v) is 8.33. The third-order valence-corrected chi connectivity index (χ3v) is 4.89. The normalized spacial score (nSPS) is 12.4. The van der Waals surface area contributed by atoms with Crippen LogP contribution in [0.2, 0.25) is 10.0 Å². The lowest BCUT2D eigenvalue weighted by Crippen LogP contribution is -2.30. The summed E-state index contributed by atoms with van der Waals surface area (Å²) in [5, 5.41) is 4.12. The Bertz CT molecular complexity index is 589. The number of rotatable bonds is 6. The van der Waals surface area contributed by atoms with Crippen LogP contribution in [0.25, 0.3) is 0 Å². The van der Waals surface area contributed by atoms with Crippen LogP contribution in [-0.2, 0) is 6.42 Å². The second kappa shape index (κ2) is 8.04. The summed E-state index contributed by atoms with van der Waals surface area (Å²) in [5.74, 6) is 0.514. The van der Waals surface area contributed by atoms with E-state index in [1.165, 1.54) is 0 Å². The Morgan fingerprint density at radius 1 is 1.14 bits per heavy atom. The number of thioether (sulfide) groups is 1. The minimum atomic E-state index is -0.323. The highest BCUT2D eigenvalue weighted by Crippen LogP contribution is 2.23. The summed E-state index contributed by atoms with van der Waals surface area (Å²) in [7, 11) is 1.88. The first kappa shape index (κ1) is 16.6. The second-order valence-corrected chi connectivity index (χ2v) is 6.60. The van der Waals surface area contributed by atoms with Gasteiger partial charge in [-0.15, -0.1) is 11.8 Å². The molecule has 0 fully saturated rings. The SMILES string of the molecule is CNC(CSc1ccc(Cl)cc1)Cc1cccc(Cl)c1F. The molecule has 0 amide bonds. The Morgan fingerprint density at radius 3 is 2.52 bits per heavy atom. The molecule has 1 nitrogen and oxygen atoms in total. The van der Waals surface area contributed by atoms with E-state index in [0.717, 1.165) is 15.7 Å². The van der Waals surface area contributed by atoms with Gasteiger partial charge in [0, 0.05) is 21.7 Å². The van der Waals surface area contributed by atoms with E-state index in [0.29, 0.717) is 12.0 Å². The largest absolute Gasteiger partial charge is 0.316 e. The van der Waals surface area contributed by atoms with Gasteiger partial charge in [0.15, 0.2) is 0 Å². The molecule has 2 aromatic rings. The molecular formula is C16H16Cl2FNS. The smallest absolute Gasteiger partial charge is 0.145 e. The van der Waals surface area contributed by atoms with Crippen molar-refractivity contribution in [2.45, 2.75) is 17.4 Å². The van der Waals surface area contributed by atoms with Gasteiger partial charge in [-0.05, 0) is 49.4 Å². The summed E-state index contributed by atoms with van der Waals surface area (Å²) >= 11 is 13.4. The van der Waals surface area contributed by atoms with Crippen molar-refractivity contribution >= 4 is 35.0 Å². The summed E-state index contributed by atoms with van der Waals surface area (Å²) in [6.45, 7) is 0. The van der Waals surface area contributed by atoms with Gasteiger partial charge >= 0.3 is 0 Å². The van der Waals surface area contributed by atoms with Crippen LogP contribution < -0.4 is 5.32 Å². The molecule has 1 N–H and O–H groups in total. The number of nitrogens with one attached hydrogen (secondary N) is 1. The maximum absolute atomic E-state index is 13.9.